The maximum Gasteiger partial charge on any atom is 0.152 e. The van der Waals surface area contributed by atoms with E-state index in [1.54, 1.807) is 0 Å². The van der Waals surface area contributed by atoms with Crippen molar-refractivity contribution in [2.24, 2.45) is 0 Å². The van der Waals surface area contributed by atoms with Crippen LogP contribution in [0.4, 0.5) is 11.4 Å². The van der Waals surface area contributed by atoms with E-state index >= 15 is 0 Å². The van der Waals surface area contributed by atoms with Crippen LogP contribution < -0.4 is 4.90 Å². The Morgan fingerprint density at radius 3 is 2.77 bits per heavy atom. The van der Waals surface area contributed by atoms with Crippen LogP contribution in [0.1, 0.15) is 53.4 Å². The minimum atomic E-state index is -0.370. The van der Waals surface area contributed by atoms with Gasteiger partial charge in [-0.2, -0.15) is 0 Å². The van der Waals surface area contributed by atoms with Crippen molar-refractivity contribution in [2.45, 2.75) is 45.4 Å². The molecule has 1 atom stereocenters. The van der Waals surface area contributed by atoms with Gasteiger partial charge in [-0.05, 0) is 78.8 Å². The first-order valence-corrected chi connectivity index (χ1v) is 10.6. The van der Waals surface area contributed by atoms with Gasteiger partial charge in [-0.1, -0.05) is 24.3 Å². The van der Waals surface area contributed by atoms with Gasteiger partial charge in [0.2, 0.25) is 0 Å². The second-order valence-electron chi connectivity index (χ2n) is 8.30. The Morgan fingerprint density at radius 2 is 1.90 bits per heavy atom. The van der Waals surface area contributed by atoms with Crippen LogP contribution >= 0.6 is 0 Å². The molecule has 0 amide bonds. The standard InChI is InChI=1S/C26H26N2O2/c1-18-23(8-4-10-26(18)30)19-11-12-21(17-29)25(14-19)28-16-22-7-5-13-27(22)15-20-6-2-3-9-24(20)28/h2-3,5-7,9,11-14,17,26,30H,4,8,10,15-16H2,1H3. The van der Waals surface area contributed by atoms with Crippen molar-refractivity contribution in [2.75, 3.05) is 4.90 Å². The third-order valence-electron chi connectivity index (χ3n) is 6.54. The summed E-state index contributed by atoms with van der Waals surface area (Å²) in [5.74, 6) is 0. The van der Waals surface area contributed by atoms with Gasteiger partial charge in [0, 0.05) is 29.7 Å². The minimum Gasteiger partial charge on any atom is -0.389 e. The van der Waals surface area contributed by atoms with Gasteiger partial charge in [-0.25, -0.2) is 0 Å². The molecule has 0 bridgehead atoms. The number of nitrogens with zero attached hydrogens (tertiary/aromatic N) is 2. The second kappa shape index (κ2) is 7.62. The number of anilines is 2. The van der Waals surface area contributed by atoms with Crippen molar-refractivity contribution in [1.29, 1.82) is 0 Å². The fourth-order valence-electron chi connectivity index (χ4n) is 4.82. The molecule has 30 heavy (non-hydrogen) atoms. The van der Waals surface area contributed by atoms with E-state index in [9.17, 15) is 9.90 Å². The lowest BCUT2D eigenvalue weighted by Gasteiger charge is -2.28. The van der Waals surface area contributed by atoms with Crippen LogP contribution in [-0.2, 0) is 13.1 Å². The number of carbonyl (C=O) groups excluding carboxylic acids is 1. The normalized spacial score (nSPS) is 18.6. The predicted octanol–water partition coefficient (Wildman–Crippen LogP) is 5.32. The van der Waals surface area contributed by atoms with Crippen LogP contribution in [0.2, 0.25) is 0 Å². The van der Waals surface area contributed by atoms with E-state index in [0.29, 0.717) is 12.1 Å². The molecule has 1 N–H and O–H groups in total. The van der Waals surface area contributed by atoms with Crippen molar-refractivity contribution in [3.05, 3.63) is 88.8 Å². The molecule has 2 aromatic carbocycles. The molecule has 2 heterocycles. The Balaban J connectivity index is 1.68. The van der Waals surface area contributed by atoms with Gasteiger partial charge in [0.25, 0.3) is 0 Å². The number of aliphatic hydroxyl groups is 1. The van der Waals surface area contributed by atoms with Gasteiger partial charge in [0.15, 0.2) is 6.29 Å². The summed E-state index contributed by atoms with van der Waals surface area (Å²) in [5.41, 5.74) is 8.55. The van der Waals surface area contributed by atoms with Gasteiger partial charge >= 0.3 is 0 Å². The number of aldehydes is 1. The first kappa shape index (κ1) is 18.9. The van der Waals surface area contributed by atoms with Gasteiger partial charge < -0.3 is 14.6 Å². The molecular weight excluding hydrogens is 372 g/mol. The number of hydrogen-bond acceptors (Lipinski definition) is 3. The zero-order chi connectivity index (χ0) is 20.7. The van der Waals surface area contributed by atoms with Crippen LogP contribution in [0.15, 0.2) is 66.4 Å². The van der Waals surface area contributed by atoms with E-state index in [-0.39, 0.29) is 6.10 Å². The number of carbonyl (C=O) groups is 1. The fourth-order valence-corrected chi connectivity index (χ4v) is 4.82. The molecule has 2 aliphatic rings. The monoisotopic (exact) mass is 398 g/mol. The second-order valence-corrected chi connectivity index (χ2v) is 8.30. The van der Waals surface area contributed by atoms with Gasteiger partial charge in [0.1, 0.15) is 0 Å². The number of aromatic nitrogens is 1. The van der Waals surface area contributed by atoms with Crippen molar-refractivity contribution >= 4 is 23.2 Å². The van der Waals surface area contributed by atoms with Crippen LogP contribution in [0.25, 0.3) is 5.57 Å². The first-order chi connectivity index (χ1) is 14.7. The summed E-state index contributed by atoms with van der Waals surface area (Å²) in [6.07, 6.45) is 5.46. The smallest absolute Gasteiger partial charge is 0.152 e. The molecule has 1 unspecified atom stereocenters. The molecule has 4 nitrogen and oxygen atoms in total. The highest BCUT2D eigenvalue weighted by atomic mass is 16.3. The maximum atomic E-state index is 12.0. The van der Waals surface area contributed by atoms with E-state index in [4.69, 9.17) is 0 Å². The number of benzene rings is 2. The molecule has 0 fully saturated rings. The molecule has 152 valence electrons. The molecule has 0 saturated heterocycles. The summed E-state index contributed by atoms with van der Waals surface area (Å²) >= 11 is 0. The van der Waals surface area contributed by atoms with E-state index in [1.165, 1.54) is 16.8 Å². The van der Waals surface area contributed by atoms with Crippen LogP contribution in [-0.4, -0.2) is 22.1 Å². The number of fused-ring (bicyclic) bond motifs is 2. The average molecular weight is 399 g/mol. The van der Waals surface area contributed by atoms with Crippen molar-refractivity contribution in [1.82, 2.24) is 4.57 Å². The Kier molecular flexibility index (Phi) is 4.80. The highest BCUT2D eigenvalue weighted by molar-refractivity contribution is 5.89. The largest absolute Gasteiger partial charge is 0.389 e. The molecular formula is C26H26N2O2. The maximum absolute atomic E-state index is 12.0. The molecule has 4 heteroatoms. The highest BCUT2D eigenvalue weighted by Crippen LogP contribution is 2.39. The summed E-state index contributed by atoms with van der Waals surface area (Å²) in [6.45, 7) is 3.55. The number of para-hydroxylation sites is 1. The molecule has 1 aliphatic heterocycles. The van der Waals surface area contributed by atoms with Crippen molar-refractivity contribution in [3.8, 4) is 0 Å². The molecule has 3 aromatic rings. The average Bonchev–Trinajstić information content (AvgIpc) is 3.14. The molecule has 0 radical (unpaired) electrons. The SMILES string of the molecule is CC1=C(c2ccc(C=O)c(N3Cc4cccn4Cc4ccccc43)c2)CCCC1O. The Labute approximate surface area is 177 Å². The lowest BCUT2D eigenvalue weighted by Crippen LogP contribution is -2.19. The first-order valence-electron chi connectivity index (χ1n) is 10.6. The van der Waals surface area contributed by atoms with Crippen LogP contribution in [0.5, 0.6) is 0 Å². The van der Waals surface area contributed by atoms with Crippen molar-refractivity contribution in [3.63, 3.8) is 0 Å². The number of aliphatic hydroxyl groups excluding tert-OH is 1. The fraction of sp³-hybridized carbons (Fsp3) is 0.269. The summed E-state index contributed by atoms with van der Waals surface area (Å²) in [6, 6.07) is 18.7. The zero-order valence-corrected chi connectivity index (χ0v) is 17.2. The van der Waals surface area contributed by atoms with E-state index < -0.39 is 0 Å². The van der Waals surface area contributed by atoms with E-state index in [1.807, 2.05) is 19.1 Å². The highest BCUT2D eigenvalue weighted by Gasteiger charge is 2.24. The predicted molar refractivity (Wildman–Crippen MR) is 120 cm³/mol. The molecule has 5 rings (SSSR count). The van der Waals surface area contributed by atoms with E-state index in [2.05, 4.69) is 58.1 Å². The van der Waals surface area contributed by atoms with Crippen LogP contribution in [0.3, 0.4) is 0 Å². The summed E-state index contributed by atoms with van der Waals surface area (Å²) in [4.78, 5) is 14.2. The summed E-state index contributed by atoms with van der Waals surface area (Å²) < 4.78 is 2.27. The van der Waals surface area contributed by atoms with Crippen molar-refractivity contribution < 1.29 is 9.90 Å². The zero-order valence-electron chi connectivity index (χ0n) is 17.2. The van der Waals surface area contributed by atoms with E-state index in [0.717, 1.165) is 54.6 Å². The number of rotatable bonds is 3. The Hall–Kier alpha value is -3.11. The number of allylic oxidation sites excluding steroid dienone is 1. The topological polar surface area (TPSA) is 45.5 Å². The summed E-state index contributed by atoms with van der Waals surface area (Å²) in [7, 11) is 0. The Morgan fingerprint density at radius 1 is 1.03 bits per heavy atom. The third kappa shape index (κ3) is 3.17. The van der Waals surface area contributed by atoms with Gasteiger partial charge in [-0.15, -0.1) is 0 Å². The lowest BCUT2D eigenvalue weighted by molar-refractivity contribution is 0.112. The van der Waals surface area contributed by atoms with Gasteiger partial charge in [0.05, 0.1) is 18.3 Å². The van der Waals surface area contributed by atoms with Crippen LogP contribution in [0, 0.1) is 0 Å². The Bertz CT molecular complexity index is 1140. The number of hydrogen-bond donors (Lipinski definition) is 1. The third-order valence-corrected chi connectivity index (χ3v) is 6.54. The molecule has 0 spiro atoms. The van der Waals surface area contributed by atoms with Gasteiger partial charge in [-0.3, -0.25) is 4.79 Å². The molecule has 1 aliphatic carbocycles. The minimum absolute atomic E-state index is 0.370. The quantitative estimate of drug-likeness (QED) is 0.608. The lowest BCUT2D eigenvalue weighted by atomic mass is 9.86. The molecule has 0 saturated carbocycles. The molecule has 1 aromatic heterocycles. The summed E-state index contributed by atoms with van der Waals surface area (Å²) in [5, 5.41) is 10.4.